The molecular formula is C25H27N3O. The minimum atomic E-state index is -0.398. The average Bonchev–Trinajstić information content (AvgIpc) is 3.28. The van der Waals surface area contributed by atoms with Crippen LogP contribution in [-0.4, -0.2) is 15.7 Å². The first-order chi connectivity index (χ1) is 14.0. The Balaban J connectivity index is 1.62. The van der Waals surface area contributed by atoms with Crippen molar-refractivity contribution in [2.45, 2.75) is 53.0 Å². The van der Waals surface area contributed by atoms with Crippen molar-refractivity contribution >= 4 is 17.3 Å². The van der Waals surface area contributed by atoms with E-state index in [1.807, 2.05) is 22.0 Å². The Morgan fingerprint density at radius 3 is 2.45 bits per heavy atom. The third-order valence-electron chi connectivity index (χ3n) is 6.42. The summed E-state index contributed by atoms with van der Waals surface area (Å²) in [6.07, 6.45) is 7.30. The molecule has 0 saturated heterocycles. The first-order valence-electron chi connectivity index (χ1n) is 10.5. The van der Waals surface area contributed by atoms with Gasteiger partial charge in [-0.1, -0.05) is 42.8 Å². The van der Waals surface area contributed by atoms with Crippen LogP contribution in [0.5, 0.6) is 0 Å². The lowest BCUT2D eigenvalue weighted by Crippen LogP contribution is -2.47. The Labute approximate surface area is 172 Å². The first kappa shape index (κ1) is 18.2. The minimum Gasteiger partial charge on any atom is -0.277 e. The molecule has 1 spiro atoms. The molecule has 1 aliphatic carbocycles. The van der Waals surface area contributed by atoms with Gasteiger partial charge in [0.1, 0.15) is 0 Å². The number of nitrogens with zero attached hydrogens (tertiary/aromatic N) is 3. The Bertz CT molecular complexity index is 1110. The maximum absolute atomic E-state index is 14.0. The van der Waals surface area contributed by atoms with E-state index in [0.717, 1.165) is 43.6 Å². The monoisotopic (exact) mass is 385 g/mol. The maximum Gasteiger partial charge on any atom is 0.238 e. The molecule has 0 N–H and O–H groups in total. The average molecular weight is 386 g/mol. The van der Waals surface area contributed by atoms with Gasteiger partial charge in [0.2, 0.25) is 5.91 Å². The zero-order valence-corrected chi connectivity index (χ0v) is 17.4. The number of aryl methyl sites for hydroxylation is 3. The Morgan fingerprint density at radius 1 is 0.966 bits per heavy atom. The van der Waals surface area contributed by atoms with Crippen molar-refractivity contribution in [3.63, 3.8) is 0 Å². The van der Waals surface area contributed by atoms with Crippen LogP contribution in [0.3, 0.4) is 0 Å². The van der Waals surface area contributed by atoms with Gasteiger partial charge < -0.3 is 0 Å². The Kier molecular flexibility index (Phi) is 4.12. The summed E-state index contributed by atoms with van der Waals surface area (Å²) in [5.74, 6) is 0.209. The van der Waals surface area contributed by atoms with E-state index in [9.17, 15) is 4.79 Å². The summed E-state index contributed by atoms with van der Waals surface area (Å²) in [5.41, 5.74) is 7.83. The second-order valence-corrected chi connectivity index (χ2v) is 8.82. The van der Waals surface area contributed by atoms with Crippen molar-refractivity contribution < 1.29 is 4.79 Å². The van der Waals surface area contributed by atoms with E-state index in [4.69, 9.17) is 0 Å². The molecule has 0 fully saturated rings. The summed E-state index contributed by atoms with van der Waals surface area (Å²) in [6.45, 7) is 7.21. The molecule has 29 heavy (non-hydrogen) atoms. The molecular weight excluding hydrogens is 358 g/mol. The molecule has 0 radical (unpaired) electrons. The molecule has 2 heterocycles. The van der Waals surface area contributed by atoms with Crippen molar-refractivity contribution in [2.75, 3.05) is 4.90 Å². The molecule has 1 aromatic heterocycles. The third-order valence-corrected chi connectivity index (χ3v) is 6.42. The highest BCUT2D eigenvalue weighted by molar-refractivity contribution is 6.07. The lowest BCUT2D eigenvalue weighted by molar-refractivity contribution is -0.127. The fourth-order valence-corrected chi connectivity index (χ4v) is 5.05. The van der Waals surface area contributed by atoms with E-state index < -0.39 is 5.41 Å². The van der Waals surface area contributed by atoms with E-state index in [1.165, 1.54) is 27.8 Å². The highest BCUT2D eigenvalue weighted by atomic mass is 16.2. The van der Waals surface area contributed by atoms with Crippen LogP contribution in [0.25, 0.3) is 0 Å². The minimum absolute atomic E-state index is 0.209. The van der Waals surface area contributed by atoms with Crippen molar-refractivity contribution in [3.05, 3.63) is 76.6 Å². The molecule has 1 unspecified atom stereocenters. The van der Waals surface area contributed by atoms with Crippen LogP contribution in [0, 0.1) is 19.3 Å². The molecule has 2 aromatic carbocycles. The summed E-state index contributed by atoms with van der Waals surface area (Å²) >= 11 is 0. The zero-order valence-electron chi connectivity index (χ0n) is 17.4. The number of carbonyl (C=O) groups is 1. The summed E-state index contributed by atoms with van der Waals surface area (Å²) < 4.78 is 1.94. The zero-order chi connectivity index (χ0) is 20.2. The largest absolute Gasteiger partial charge is 0.277 e. The van der Waals surface area contributed by atoms with Crippen LogP contribution >= 0.6 is 0 Å². The van der Waals surface area contributed by atoms with Gasteiger partial charge in [0.25, 0.3) is 0 Å². The Hall–Kier alpha value is -2.88. The standard InChI is InChI=1S/C25H27N3O/c1-4-9-27-16-22(15-26-27)28-23-11-18(3)6-8-20(23)13-25(24(28)29)12-19-7-5-17(2)10-21(19)14-25/h5-8,10-11,15-16H,4,9,12-14H2,1-3H3. The van der Waals surface area contributed by atoms with E-state index in [-0.39, 0.29) is 5.91 Å². The summed E-state index contributed by atoms with van der Waals surface area (Å²) in [4.78, 5) is 16.0. The smallest absolute Gasteiger partial charge is 0.238 e. The molecule has 1 atom stereocenters. The normalized spacial score (nSPS) is 20.2. The fraction of sp³-hybridized carbons (Fsp3) is 0.360. The van der Waals surface area contributed by atoms with Crippen LogP contribution in [0.15, 0.2) is 48.8 Å². The quantitative estimate of drug-likeness (QED) is 0.642. The SMILES string of the molecule is CCCn1cc(N2C(=O)C3(Cc4ccc(C)cc4C3)Cc3ccc(C)cc32)cn1. The number of aromatic nitrogens is 2. The van der Waals surface area contributed by atoms with Crippen LogP contribution in [0.1, 0.15) is 41.2 Å². The number of amides is 1. The van der Waals surface area contributed by atoms with Crippen molar-refractivity contribution in [3.8, 4) is 0 Å². The van der Waals surface area contributed by atoms with Gasteiger partial charge in [0.05, 0.1) is 23.0 Å². The summed E-state index contributed by atoms with van der Waals surface area (Å²) in [5, 5.41) is 4.50. The second kappa shape index (κ2) is 6.58. The second-order valence-electron chi connectivity index (χ2n) is 8.82. The number of carbonyl (C=O) groups excluding carboxylic acids is 1. The molecule has 0 saturated carbocycles. The van der Waals surface area contributed by atoms with E-state index in [1.54, 1.807) is 0 Å². The van der Waals surface area contributed by atoms with Crippen molar-refractivity contribution in [2.24, 2.45) is 5.41 Å². The van der Waals surface area contributed by atoms with E-state index in [2.05, 4.69) is 62.3 Å². The van der Waals surface area contributed by atoms with Gasteiger partial charge in [-0.25, -0.2) is 0 Å². The fourth-order valence-electron chi connectivity index (χ4n) is 5.05. The van der Waals surface area contributed by atoms with E-state index >= 15 is 0 Å². The molecule has 4 nitrogen and oxygen atoms in total. The Morgan fingerprint density at radius 2 is 1.66 bits per heavy atom. The predicted octanol–water partition coefficient (Wildman–Crippen LogP) is 4.92. The highest BCUT2D eigenvalue weighted by Crippen LogP contribution is 2.49. The molecule has 3 aromatic rings. The summed E-state index contributed by atoms with van der Waals surface area (Å²) in [6, 6.07) is 13.1. The maximum atomic E-state index is 14.0. The van der Waals surface area contributed by atoms with Gasteiger partial charge in [0, 0.05) is 12.7 Å². The molecule has 5 rings (SSSR count). The number of rotatable bonds is 3. The highest BCUT2D eigenvalue weighted by Gasteiger charge is 2.50. The van der Waals surface area contributed by atoms with Gasteiger partial charge in [0.15, 0.2) is 0 Å². The number of hydrogen-bond donors (Lipinski definition) is 0. The molecule has 0 bridgehead atoms. The van der Waals surface area contributed by atoms with Crippen LogP contribution in [-0.2, 0) is 30.6 Å². The number of fused-ring (bicyclic) bond motifs is 2. The lowest BCUT2D eigenvalue weighted by atomic mass is 9.74. The van der Waals surface area contributed by atoms with Gasteiger partial charge >= 0.3 is 0 Å². The van der Waals surface area contributed by atoms with Crippen molar-refractivity contribution in [1.29, 1.82) is 0 Å². The molecule has 2 aliphatic rings. The molecule has 4 heteroatoms. The summed E-state index contributed by atoms with van der Waals surface area (Å²) in [7, 11) is 0. The number of hydrogen-bond acceptors (Lipinski definition) is 2. The topological polar surface area (TPSA) is 38.1 Å². The van der Waals surface area contributed by atoms with Crippen LogP contribution < -0.4 is 4.90 Å². The van der Waals surface area contributed by atoms with Crippen LogP contribution in [0.4, 0.5) is 11.4 Å². The van der Waals surface area contributed by atoms with Crippen molar-refractivity contribution in [1.82, 2.24) is 9.78 Å². The molecule has 1 amide bonds. The van der Waals surface area contributed by atoms with E-state index in [0.29, 0.717) is 0 Å². The number of benzene rings is 2. The molecule has 1 aliphatic heterocycles. The molecule has 148 valence electrons. The van der Waals surface area contributed by atoms with Gasteiger partial charge in [-0.3, -0.25) is 14.4 Å². The van der Waals surface area contributed by atoms with Gasteiger partial charge in [-0.2, -0.15) is 5.10 Å². The van der Waals surface area contributed by atoms with Gasteiger partial charge in [-0.05, 0) is 67.9 Å². The predicted molar refractivity (Wildman–Crippen MR) is 116 cm³/mol. The first-order valence-corrected chi connectivity index (χ1v) is 10.5. The number of anilines is 2. The lowest BCUT2D eigenvalue weighted by Gasteiger charge is -2.40. The third kappa shape index (κ3) is 2.89. The van der Waals surface area contributed by atoms with Crippen LogP contribution in [0.2, 0.25) is 0 Å². The van der Waals surface area contributed by atoms with Gasteiger partial charge in [-0.15, -0.1) is 0 Å².